The molecule has 5 rings (SSSR count). The average Bonchev–Trinajstić information content (AvgIpc) is 3.28. The van der Waals surface area contributed by atoms with Crippen molar-refractivity contribution in [3.05, 3.63) is 59.5 Å². The third-order valence-corrected chi connectivity index (χ3v) is 6.01. The van der Waals surface area contributed by atoms with Crippen molar-refractivity contribution in [2.75, 3.05) is 36.5 Å². The molecule has 0 bridgehead atoms. The van der Waals surface area contributed by atoms with E-state index in [1.165, 1.54) is 0 Å². The first kappa shape index (κ1) is 20.2. The number of ether oxygens (including phenoxy) is 1. The molecule has 9 heteroatoms. The summed E-state index contributed by atoms with van der Waals surface area (Å²) < 4.78 is 7.41. The molecule has 1 fully saturated rings. The zero-order valence-corrected chi connectivity index (χ0v) is 18.1. The lowest BCUT2D eigenvalue weighted by Gasteiger charge is -2.28. The number of aromatic nitrogens is 4. The summed E-state index contributed by atoms with van der Waals surface area (Å²) in [6, 6.07) is 7.55. The highest BCUT2D eigenvalue weighted by molar-refractivity contribution is 5.95. The molecular weight excluding hydrogens is 406 g/mol. The summed E-state index contributed by atoms with van der Waals surface area (Å²) >= 11 is 0. The normalized spacial score (nSPS) is 15.2. The highest BCUT2D eigenvalue weighted by Crippen LogP contribution is 2.30. The lowest BCUT2D eigenvalue weighted by atomic mass is 9.97. The number of hydrogen-bond donors (Lipinski definition) is 2. The second-order valence-corrected chi connectivity index (χ2v) is 7.97. The molecule has 9 nitrogen and oxygen atoms in total. The molecular formula is C23H25N7O2. The summed E-state index contributed by atoms with van der Waals surface area (Å²) in [5, 5.41) is 4.48. The minimum Gasteiger partial charge on any atom is -0.378 e. The molecule has 3 aromatic heterocycles. The maximum absolute atomic E-state index is 11.8. The second kappa shape index (κ2) is 8.08. The SMILES string of the molecule is Cc1c(C(N)=O)cccc1[C@@H](C)Nc1nc2nccn2c2cnc(N3CCOCC3)cc12. The molecule has 164 valence electrons. The first-order valence-electron chi connectivity index (χ1n) is 10.6. The number of fused-ring (bicyclic) bond motifs is 3. The average molecular weight is 432 g/mol. The van der Waals surface area contributed by atoms with E-state index in [0.717, 1.165) is 40.9 Å². The molecule has 4 heterocycles. The van der Waals surface area contributed by atoms with Gasteiger partial charge in [0.1, 0.15) is 11.6 Å². The Balaban J connectivity index is 1.59. The zero-order chi connectivity index (χ0) is 22.2. The van der Waals surface area contributed by atoms with Crippen LogP contribution < -0.4 is 16.0 Å². The van der Waals surface area contributed by atoms with Crippen molar-refractivity contribution >= 4 is 34.2 Å². The number of nitrogens with one attached hydrogen (secondary N) is 1. The van der Waals surface area contributed by atoms with Crippen molar-refractivity contribution < 1.29 is 9.53 Å². The molecule has 0 radical (unpaired) electrons. The van der Waals surface area contributed by atoms with E-state index < -0.39 is 5.91 Å². The van der Waals surface area contributed by atoms with E-state index in [0.29, 0.717) is 30.4 Å². The van der Waals surface area contributed by atoms with Gasteiger partial charge in [0.15, 0.2) is 0 Å². The number of nitrogens with zero attached hydrogens (tertiary/aromatic N) is 5. The summed E-state index contributed by atoms with van der Waals surface area (Å²) in [5.41, 5.74) is 8.84. The van der Waals surface area contributed by atoms with Gasteiger partial charge in [0.25, 0.3) is 0 Å². The van der Waals surface area contributed by atoms with E-state index in [1.54, 1.807) is 12.3 Å². The van der Waals surface area contributed by atoms with Crippen LogP contribution in [0.3, 0.4) is 0 Å². The number of primary amides is 1. The number of hydrogen-bond acceptors (Lipinski definition) is 7. The van der Waals surface area contributed by atoms with Crippen LogP contribution in [-0.4, -0.2) is 51.6 Å². The predicted molar refractivity (Wildman–Crippen MR) is 123 cm³/mol. The highest BCUT2D eigenvalue weighted by atomic mass is 16.5. The van der Waals surface area contributed by atoms with E-state index in [1.807, 2.05) is 42.8 Å². The molecule has 4 aromatic rings. The number of carbonyl (C=O) groups excluding carboxylic acids is 1. The number of rotatable bonds is 5. The Morgan fingerprint density at radius 1 is 1.25 bits per heavy atom. The monoisotopic (exact) mass is 431 g/mol. The van der Waals surface area contributed by atoms with Gasteiger partial charge in [0.2, 0.25) is 11.7 Å². The van der Waals surface area contributed by atoms with Crippen molar-refractivity contribution in [3.63, 3.8) is 0 Å². The number of pyridine rings is 1. The molecule has 1 aliphatic heterocycles. The van der Waals surface area contributed by atoms with Crippen molar-refractivity contribution in [1.82, 2.24) is 19.4 Å². The van der Waals surface area contributed by atoms with E-state index in [9.17, 15) is 4.79 Å². The van der Waals surface area contributed by atoms with Crippen molar-refractivity contribution in [3.8, 4) is 0 Å². The molecule has 1 saturated heterocycles. The minimum atomic E-state index is -0.430. The fourth-order valence-corrected chi connectivity index (χ4v) is 4.29. The molecule has 0 saturated carbocycles. The maximum Gasteiger partial charge on any atom is 0.248 e. The van der Waals surface area contributed by atoms with Gasteiger partial charge in [-0.05, 0) is 37.1 Å². The fourth-order valence-electron chi connectivity index (χ4n) is 4.29. The highest BCUT2D eigenvalue weighted by Gasteiger charge is 2.19. The minimum absolute atomic E-state index is 0.109. The number of amides is 1. The number of morpholine rings is 1. The molecule has 3 N–H and O–H groups in total. The summed E-state index contributed by atoms with van der Waals surface area (Å²) in [5.74, 6) is 1.77. The Bertz CT molecular complexity index is 1310. The Morgan fingerprint density at radius 2 is 2.06 bits per heavy atom. The van der Waals surface area contributed by atoms with Crippen LogP contribution in [0.5, 0.6) is 0 Å². The van der Waals surface area contributed by atoms with Gasteiger partial charge in [-0.25, -0.2) is 9.97 Å². The van der Waals surface area contributed by atoms with Crippen LogP contribution in [0.1, 0.15) is 34.5 Å². The molecule has 1 aromatic carbocycles. The van der Waals surface area contributed by atoms with Gasteiger partial charge < -0.3 is 20.7 Å². The summed E-state index contributed by atoms with van der Waals surface area (Å²) in [6.07, 6.45) is 5.48. The van der Waals surface area contributed by atoms with E-state index in [-0.39, 0.29) is 6.04 Å². The topological polar surface area (TPSA) is 111 Å². The lowest BCUT2D eigenvalue weighted by Crippen LogP contribution is -2.36. The number of nitrogens with two attached hydrogens (primary N) is 1. The van der Waals surface area contributed by atoms with Gasteiger partial charge in [-0.15, -0.1) is 0 Å². The molecule has 0 aliphatic carbocycles. The van der Waals surface area contributed by atoms with Crippen LogP contribution in [0.2, 0.25) is 0 Å². The number of carbonyl (C=O) groups is 1. The Kier molecular flexibility index (Phi) is 5.10. The van der Waals surface area contributed by atoms with Crippen molar-refractivity contribution in [2.24, 2.45) is 5.73 Å². The first-order chi connectivity index (χ1) is 15.5. The largest absolute Gasteiger partial charge is 0.378 e. The van der Waals surface area contributed by atoms with Crippen LogP contribution in [0.4, 0.5) is 11.6 Å². The van der Waals surface area contributed by atoms with Crippen LogP contribution in [0.15, 0.2) is 42.9 Å². The Labute approximate surface area is 185 Å². The van der Waals surface area contributed by atoms with Crippen LogP contribution in [0.25, 0.3) is 16.7 Å². The molecule has 0 unspecified atom stereocenters. The smallest absolute Gasteiger partial charge is 0.248 e. The third kappa shape index (κ3) is 3.50. The van der Waals surface area contributed by atoms with Gasteiger partial charge >= 0.3 is 0 Å². The van der Waals surface area contributed by atoms with Crippen LogP contribution in [-0.2, 0) is 4.74 Å². The van der Waals surface area contributed by atoms with E-state index in [4.69, 9.17) is 20.4 Å². The summed E-state index contributed by atoms with van der Waals surface area (Å²) in [7, 11) is 0. The second-order valence-electron chi connectivity index (χ2n) is 7.97. The number of imidazole rings is 1. The lowest BCUT2D eigenvalue weighted by molar-refractivity contribution is 0.0999. The summed E-state index contributed by atoms with van der Waals surface area (Å²) in [6.45, 7) is 6.94. The third-order valence-electron chi connectivity index (χ3n) is 6.01. The van der Waals surface area contributed by atoms with Crippen LogP contribution >= 0.6 is 0 Å². The van der Waals surface area contributed by atoms with Gasteiger partial charge in [0, 0.05) is 36.4 Å². The van der Waals surface area contributed by atoms with E-state index >= 15 is 0 Å². The van der Waals surface area contributed by atoms with Crippen molar-refractivity contribution in [1.29, 1.82) is 0 Å². The predicted octanol–water partition coefficient (Wildman–Crippen LogP) is 2.69. The van der Waals surface area contributed by atoms with Gasteiger partial charge in [-0.1, -0.05) is 12.1 Å². The van der Waals surface area contributed by atoms with Gasteiger partial charge in [-0.2, -0.15) is 4.98 Å². The Morgan fingerprint density at radius 3 is 2.84 bits per heavy atom. The molecule has 1 amide bonds. The van der Waals surface area contributed by atoms with Crippen molar-refractivity contribution in [2.45, 2.75) is 19.9 Å². The maximum atomic E-state index is 11.8. The van der Waals surface area contributed by atoms with Gasteiger partial charge in [0.05, 0.1) is 31.0 Å². The van der Waals surface area contributed by atoms with Gasteiger partial charge in [-0.3, -0.25) is 9.20 Å². The standard InChI is InChI=1S/C23H25N7O2/c1-14-16(4-3-5-17(14)21(24)31)15(2)27-22-18-12-20(29-8-10-32-11-9-29)26-13-19(18)30-7-6-25-23(30)28-22/h3-7,12-13,15H,8-11H2,1-2H3,(H2,24,31)(H,25,27,28)/t15-/m1/s1. The Hall–Kier alpha value is -3.72. The molecule has 0 spiro atoms. The van der Waals surface area contributed by atoms with Crippen LogP contribution in [0, 0.1) is 6.92 Å². The fraction of sp³-hybridized carbons (Fsp3) is 0.304. The zero-order valence-electron chi connectivity index (χ0n) is 18.1. The first-order valence-corrected chi connectivity index (χ1v) is 10.6. The van der Waals surface area contributed by atoms with E-state index in [2.05, 4.69) is 21.3 Å². The molecule has 1 atom stereocenters. The molecule has 32 heavy (non-hydrogen) atoms. The quantitative estimate of drug-likeness (QED) is 0.500. The summed E-state index contributed by atoms with van der Waals surface area (Å²) in [4.78, 5) is 27.9. The number of anilines is 2. The molecule has 1 aliphatic rings. The number of benzene rings is 1.